The maximum atomic E-state index is 14.3. The molecule has 11 unspecified atom stereocenters. The molecule has 5 aliphatic carbocycles. The van der Waals surface area contributed by atoms with Crippen LogP contribution in [0.5, 0.6) is 0 Å². The molecule has 0 aromatic rings. The number of allylic oxidation sites excluding steroid dienone is 1. The van der Waals surface area contributed by atoms with Gasteiger partial charge in [-0.2, -0.15) is 0 Å². The van der Waals surface area contributed by atoms with E-state index in [0.29, 0.717) is 28.6 Å². The van der Waals surface area contributed by atoms with Crippen molar-refractivity contribution in [1.82, 2.24) is 5.32 Å². The van der Waals surface area contributed by atoms with Crippen LogP contribution < -0.4 is 5.32 Å². The molecule has 1 N–H and O–H groups in total. The minimum atomic E-state index is -0.429. The fraction of sp³-hybridized carbons (Fsp3) is 0.868. The van der Waals surface area contributed by atoms with Gasteiger partial charge in [0.25, 0.3) is 0 Å². The van der Waals surface area contributed by atoms with Crippen LogP contribution >= 0.6 is 0 Å². The van der Waals surface area contributed by atoms with Crippen molar-refractivity contribution in [2.75, 3.05) is 6.54 Å². The molecule has 236 valence electrons. The highest BCUT2D eigenvalue weighted by Crippen LogP contribution is 2.77. The Balaban J connectivity index is 1.47. The van der Waals surface area contributed by atoms with E-state index in [-0.39, 0.29) is 41.3 Å². The Morgan fingerprint density at radius 3 is 2.12 bits per heavy atom. The summed E-state index contributed by atoms with van der Waals surface area (Å²) >= 11 is 0. The van der Waals surface area contributed by atoms with Crippen molar-refractivity contribution in [2.45, 2.75) is 133 Å². The third kappa shape index (κ3) is 4.45. The number of fused-ring (bicyclic) bond motifs is 7. The van der Waals surface area contributed by atoms with E-state index >= 15 is 0 Å². The number of carbonyl (C=O) groups excluding carboxylic acids is 3. The summed E-state index contributed by atoms with van der Waals surface area (Å²) in [6.07, 6.45) is 12.1. The summed E-state index contributed by atoms with van der Waals surface area (Å²) in [5.74, 6) is 3.21. The van der Waals surface area contributed by atoms with Crippen molar-refractivity contribution in [1.29, 1.82) is 0 Å². The Labute approximate surface area is 257 Å². The summed E-state index contributed by atoms with van der Waals surface area (Å²) in [6, 6.07) is 0. The first kappa shape index (κ1) is 32.0. The number of Topliss-reactive ketones (excluding diaryl/α,β-unsaturated/α-hetero) is 2. The second-order valence-electron chi connectivity index (χ2n) is 17.5. The van der Waals surface area contributed by atoms with Gasteiger partial charge in [0.15, 0.2) is 0 Å². The molecule has 1 amide bonds. The van der Waals surface area contributed by atoms with E-state index in [1.165, 1.54) is 51.0 Å². The molecule has 5 aliphatic rings. The molecular formula is C38H61NO3. The average molecular weight is 580 g/mol. The molecule has 0 aromatic carbocycles. The molecule has 11 atom stereocenters. The first-order valence-electron chi connectivity index (χ1n) is 17.4. The van der Waals surface area contributed by atoms with E-state index in [4.69, 9.17) is 0 Å². The molecule has 4 heteroatoms. The topological polar surface area (TPSA) is 63.2 Å². The zero-order chi connectivity index (χ0) is 31.0. The number of hydrogen-bond donors (Lipinski definition) is 1. The second kappa shape index (κ2) is 10.6. The van der Waals surface area contributed by atoms with Crippen LogP contribution in [0.25, 0.3) is 0 Å². The average Bonchev–Trinajstić information content (AvgIpc) is 3.30. The Bertz CT molecular complexity index is 1140. The molecule has 0 aliphatic heterocycles. The fourth-order valence-electron chi connectivity index (χ4n) is 12.8. The number of ketones is 2. The monoisotopic (exact) mass is 579 g/mol. The van der Waals surface area contributed by atoms with Gasteiger partial charge >= 0.3 is 0 Å². The van der Waals surface area contributed by atoms with E-state index in [1.54, 1.807) is 6.92 Å². The van der Waals surface area contributed by atoms with Gasteiger partial charge in [0, 0.05) is 18.9 Å². The van der Waals surface area contributed by atoms with Gasteiger partial charge in [-0.1, -0.05) is 53.7 Å². The molecule has 42 heavy (non-hydrogen) atoms. The standard InChI is InChI=1S/C38H61NO3/c1-23(2)28-14-18-38(33(42)39-22-27(26(5)41)21-25(4)40)20-19-36(9)29(32(28)38)11-12-31-35(8)16-13-24(3)34(6,7)30(35)15-17-37(31,36)10/h24,27-32H,1,11-22H2,2-10H3,(H,39,42). The number of nitrogens with one attached hydrogen (secondary N) is 1. The molecule has 0 saturated heterocycles. The Morgan fingerprint density at radius 2 is 1.50 bits per heavy atom. The lowest BCUT2D eigenvalue weighted by molar-refractivity contribution is -0.240. The SMILES string of the molecule is C=C(C)C1CCC2(C(=O)NCC(CC(C)=O)C(C)=O)CCC3(C)C(CCC4C5(C)CCC(C)C(C)(C)C5CCC43C)C12. The van der Waals surface area contributed by atoms with Crippen LogP contribution in [0, 0.1) is 68.5 Å². The Hall–Kier alpha value is -1.45. The van der Waals surface area contributed by atoms with Gasteiger partial charge in [-0.25, -0.2) is 0 Å². The van der Waals surface area contributed by atoms with Crippen molar-refractivity contribution in [3.63, 3.8) is 0 Å². The molecule has 0 heterocycles. The van der Waals surface area contributed by atoms with Gasteiger partial charge < -0.3 is 10.1 Å². The minimum absolute atomic E-state index is 0.00126. The van der Waals surface area contributed by atoms with Crippen LogP contribution in [0.1, 0.15) is 133 Å². The smallest absolute Gasteiger partial charge is 0.226 e. The molecule has 0 aromatic heterocycles. The third-order valence-corrected chi connectivity index (χ3v) is 15.7. The van der Waals surface area contributed by atoms with Crippen LogP contribution in [0.15, 0.2) is 12.2 Å². The summed E-state index contributed by atoms with van der Waals surface area (Å²) in [6.45, 7) is 25.6. The molecule has 5 fully saturated rings. The van der Waals surface area contributed by atoms with Gasteiger partial charge in [0.05, 0.1) is 5.41 Å². The normalized spacial score (nSPS) is 46.3. The molecule has 0 radical (unpaired) electrons. The van der Waals surface area contributed by atoms with Crippen molar-refractivity contribution < 1.29 is 14.4 Å². The molecule has 0 spiro atoms. The van der Waals surface area contributed by atoms with Crippen molar-refractivity contribution in [3.8, 4) is 0 Å². The van der Waals surface area contributed by atoms with E-state index < -0.39 is 11.3 Å². The molecule has 5 saturated carbocycles. The largest absolute Gasteiger partial charge is 0.355 e. The maximum absolute atomic E-state index is 14.3. The number of hydrogen-bond acceptors (Lipinski definition) is 3. The minimum Gasteiger partial charge on any atom is -0.355 e. The van der Waals surface area contributed by atoms with E-state index in [2.05, 4.69) is 60.4 Å². The summed E-state index contributed by atoms with van der Waals surface area (Å²) < 4.78 is 0. The van der Waals surface area contributed by atoms with E-state index in [1.807, 2.05) is 0 Å². The highest BCUT2D eigenvalue weighted by Gasteiger charge is 2.71. The van der Waals surface area contributed by atoms with Gasteiger partial charge in [-0.3, -0.25) is 9.59 Å². The maximum Gasteiger partial charge on any atom is 0.226 e. The lowest BCUT2D eigenvalue weighted by Gasteiger charge is -2.73. The lowest BCUT2D eigenvalue weighted by atomic mass is 9.32. The van der Waals surface area contributed by atoms with Crippen molar-refractivity contribution in [3.05, 3.63) is 12.2 Å². The zero-order valence-corrected chi connectivity index (χ0v) is 28.5. The Kier molecular flexibility index (Phi) is 8.05. The molecule has 4 nitrogen and oxygen atoms in total. The zero-order valence-electron chi connectivity index (χ0n) is 28.5. The quantitative estimate of drug-likeness (QED) is 0.307. The summed E-state index contributed by atoms with van der Waals surface area (Å²) in [7, 11) is 0. The van der Waals surface area contributed by atoms with E-state index in [9.17, 15) is 14.4 Å². The highest BCUT2D eigenvalue weighted by atomic mass is 16.2. The molecular weight excluding hydrogens is 518 g/mol. The van der Waals surface area contributed by atoms with Crippen LogP contribution in [-0.2, 0) is 14.4 Å². The molecule has 5 rings (SSSR count). The van der Waals surface area contributed by atoms with Crippen LogP contribution in [0.2, 0.25) is 0 Å². The second-order valence-corrected chi connectivity index (χ2v) is 17.5. The van der Waals surface area contributed by atoms with E-state index in [0.717, 1.165) is 43.4 Å². The highest BCUT2D eigenvalue weighted by molar-refractivity contribution is 5.87. The van der Waals surface area contributed by atoms with Gasteiger partial charge in [-0.15, -0.1) is 0 Å². The predicted molar refractivity (Wildman–Crippen MR) is 171 cm³/mol. The van der Waals surface area contributed by atoms with Crippen molar-refractivity contribution in [2.24, 2.45) is 68.5 Å². The van der Waals surface area contributed by atoms with Crippen LogP contribution in [0.4, 0.5) is 0 Å². The third-order valence-electron chi connectivity index (χ3n) is 15.7. The summed E-state index contributed by atoms with van der Waals surface area (Å²) in [4.78, 5) is 38.5. The summed E-state index contributed by atoms with van der Waals surface area (Å²) in [5.41, 5.74) is 2.12. The number of rotatable bonds is 7. The summed E-state index contributed by atoms with van der Waals surface area (Å²) in [5, 5.41) is 3.25. The van der Waals surface area contributed by atoms with Crippen LogP contribution in [-0.4, -0.2) is 24.0 Å². The van der Waals surface area contributed by atoms with Crippen molar-refractivity contribution >= 4 is 17.5 Å². The number of amides is 1. The first-order valence-corrected chi connectivity index (χ1v) is 17.4. The van der Waals surface area contributed by atoms with Gasteiger partial charge in [0.1, 0.15) is 11.6 Å². The van der Waals surface area contributed by atoms with Gasteiger partial charge in [-0.05, 0) is 142 Å². The van der Waals surface area contributed by atoms with Crippen LogP contribution in [0.3, 0.4) is 0 Å². The van der Waals surface area contributed by atoms with Gasteiger partial charge in [0.2, 0.25) is 5.91 Å². The lowest BCUT2D eigenvalue weighted by Crippen LogP contribution is -2.67. The number of carbonyl (C=O) groups is 3. The Morgan fingerprint density at radius 1 is 0.810 bits per heavy atom. The first-order chi connectivity index (χ1) is 19.5. The predicted octanol–water partition coefficient (Wildman–Crippen LogP) is 8.58. The molecule has 0 bridgehead atoms. The fourth-order valence-corrected chi connectivity index (χ4v) is 12.8.